The molecule has 0 bridgehead atoms. The van der Waals surface area contributed by atoms with Gasteiger partial charge in [-0.25, -0.2) is 0 Å². The molecule has 0 aromatic carbocycles. The van der Waals surface area contributed by atoms with Gasteiger partial charge in [0.1, 0.15) is 0 Å². The molecule has 2 fully saturated rings. The van der Waals surface area contributed by atoms with Crippen LogP contribution in [0.2, 0.25) is 0 Å². The first-order chi connectivity index (χ1) is 7.39. The van der Waals surface area contributed by atoms with E-state index in [0.717, 1.165) is 12.0 Å². The van der Waals surface area contributed by atoms with Crippen molar-refractivity contribution in [3.8, 4) is 0 Å². The maximum Gasteiger partial charge on any atom is 0.0268 e. The highest BCUT2D eigenvalue weighted by Crippen LogP contribution is 2.35. The Morgan fingerprint density at radius 3 is 2.38 bits per heavy atom. The van der Waals surface area contributed by atoms with E-state index in [1.807, 2.05) is 0 Å². The lowest BCUT2D eigenvalue weighted by Gasteiger charge is -2.45. The normalized spacial score (nSPS) is 33.4. The van der Waals surface area contributed by atoms with Crippen molar-refractivity contribution in [2.75, 3.05) is 19.6 Å². The number of rotatable bonds is 1. The molecule has 2 heteroatoms. The summed E-state index contributed by atoms with van der Waals surface area (Å²) in [6.07, 6.45) is 2.84. The van der Waals surface area contributed by atoms with Crippen LogP contribution in [0, 0.1) is 5.92 Å². The minimum Gasteiger partial charge on any atom is -0.299 e. The third-order valence-electron chi connectivity index (χ3n) is 4.40. The van der Waals surface area contributed by atoms with E-state index < -0.39 is 0 Å². The highest BCUT2D eigenvalue weighted by atomic mass is 15.3. The first kappa shape index (κ1) is 12.4. The molecular weight excluding hydrogens is 196 g/mol. The summed E-state index contributed by atoms with van der Waals surface area (Å²) in [7, 11) is 0. The molecule has 2 unspecified atom stereocenters. The van der Waals surface area contributed by atoms with Crippen molar-refractivity contribution in [2.24, 2.45) is 5.92 Å². The zero-order chi connectivity index (χ0) is 11.9. The van der Waals surface area contributed by atoms with Crippen LogP contribution < -0.4 is 0 Å². The van der Waals surface area contributed by atoms with Gasteiger partial charge in [0, 0.05) is 30.7 Å². The molecule has 2 saturated heterocycles. The van der Waals surface area contributed by atoms with E-state index in [9.17, 15) is 0 Å². The molecule has 94 valence electrons. The molecule has 0 saturated carbocycles. The maximum absolute atomic E-state index is 2.75. The fourth-order valence-electron chi connectivity index (χ4n) is 3.47. The number of nitrogens with zero attached hydrogens (tertiary/aromatic N) is 2. The molecule has 2 rings (SSSR count). The van der Waals surface area contributed by atoms with Gasteiger partial charge in [0.15, 0.2) is 0 Å². The number of hydrogen-bond donors (Lipinski definition) is 0. The van der Waals surface area contributed by atoms with Gasteiger partial charge in [-0.3, -0.25) is 9.80 Å². The lowest BCUT2D eigenvalue weighted by Crippen LogP contribution is -2.54. The van der Waals surface area contributed by atoms with Gasteiger partial charge >= 0.3 is 0 Å². The molecule has 0 radical (unpaired) electrons. The summed E-state index contributed by atoms with van der Waals surface area (Å²) in [5.74, 6) is 0.926. The Morgan fingerprint density at radius 1 is 1.12 bits per heavy atom. The topological polar surface area (TPSA) is 6.48 Å². The van der Waals surface area contributed by atoms with Crippen LogP contribution in [0.1, 0.15) is 47.5 Å². The summed E-state index contributed by atoms with van der Waals surface area (Å²) >= 11 is 0. The number of likely N-dealkylation sites (tertiary alicyclic amines) is 2. The van der Waals surface area contributed by atoms with Crippen molar-refractivity contribution in [3.05, 3.63) is 0 Å². The molecule has 2 heterocycles. The SMILES string of the molecule is CC(C)N1CC2CCCN(C(C)(C)C)C2C1. The molecule has 0 aromatic rings. The Labute approximate surface area is 101 Å². The quantitative estimate of drug-likeness (QED) is 0.675. The fourth-order valence-corrected chi connectivity index (χ4v) is 3.47. The van der Waals surface area contributed by atoms with Crippen molar-refractivity contribution < 1.29 is 0 Å². The van der Waals surface area contributed by atoms with Gasteiger partial charge in [0.05, 0.1) is 0 Å². The molecule has 2 aliphatic rings. The van der Waals surface area contributed by atoms with Gasteiger partial charge < -0.3 is 0 Å². The third-order valence-corrected chi connectivity index (χ3v) is 4.40. The molecule has 0 spiro atoms. The van der Waals surface area contributed by atoms with Gasteiger partial charge in [-0.15, -0.1) is 0 Å². The largest absolute Gasteiger partial charge is 0.299 e. The summed E-state index contributed by atoms with van der Waals surface area (Å²) in [6, 6.07) is 1.53. The van der Waals surface area contributed by atoms with Gasteiger partial charge in [-0.1, -0.05) is 0 Å². The van der Waals surface area contributed by atoms with Crippen LogP contribution in [0.3, 0.4) is 0 Å². The van der Waals surface area contributed by atoms with Crippen molar-refractivity contribution in [1.82, 2.24) is 9.80 Å². The minimum absolute atomic E-state index is 0.344. The van der Waals surface area contributed by atoms with Crippen molar-refractivity contribution in [3.63, 3.8) is 0 Å². The molecule has 2 aliphatic heterocycles. The third kappa shape index (κ3) is 2.28. The van der Waals surface area contributed by atoms with E-state index in [4.69, 9.17) is 0 Å². The van der Waals surface area contributed by atoms with Gasteiger partial charge in [0.2, 0.25) is 0 Å². The van der Waals surface area contributed by atoms with Crippen LogP contribution in [0.4, 0.5) is 0 Å². The van der Waals surface area contributed by atoms with Gasteiger partial charge in [0.25, 0.3) is 0 Å². The van der Waals surface area contributed by atoms with Crippen LogP contribution in [0.25, 0.3) is 0 Å². The van der Waals surface area contributed by atoms with Crippen LogP contribution in [0.5, 0.6) is 0 Å². The van der Waals surface area contributed by atoms with E-state index >= 15 is 0 Å². The first-order valence-electron chi connectivity index (χ1n) is 6.90. The van der Waals surface area contributed by atoms with E-state index in [0.29, 0.717) is 11.6 Å². The van der Waals surface area contributed by atoms with Gasteiger partial charge in [-0.05, 0) is 59.9 Å². The number of hydrogen-bond acceptors (Lipinski definition) is 2. The van der Waals surface area contributed by atoms with Crippen LogP contribution in [0.15, 0.2) is 0 Å². The predicted octanol–water partition coefficient (Wildman–Crippen LogP) is 2.59. The smallest absolute Gasteiger partial charge is 0.0268 e. The second kappa shape index (κ2) is 4.30. The standard InChI is InChI=1S/C14H28N2/c1-11(2)15-9-12-7-6-8-16(13(12)10-15)14(3,4)5/h11-13H,6-10H2,1-5H3. The number of piperidine rings is 1. The van der Waals surface area contributed by atoms with E-state index in [1.54, 1.807) is 0 Å². The van der Waals surface area contributed by atoms with Crippen LogP contribution in [-0.4, -0.2) is 47.1 Å². The average Bonchev–Trinajstić information content (AvgIpc) is 2.58. The first-order valence-corrected chi connectivity index (χ1v) is 6.90. The average molecular weight is 224 g/mol. The summed E-state index contributed by atoms with van der Waals surface area (Å²) < 4.78 is 0. The zero-order valence-corrected chi connectivity index (χ0v) is 11.7. The Morgan fingerprint density at radius 2 is 1.81 bits per heavy atom. The zero-order valence-electron chi connectivity index (χ0n) is 11.7. The summed E-state index contributed by atoms with van der Waals surface area (Å²) in [5.41, 5.74) is 0.344. The van der Waals surface area contributed by atoms with E-state index in [1.165, 1.54) is 32.5 Å². The second-order valence-electron chi connectivity index (χ2n) is 6.88. The van der Waals surface area contributed by atoms with E-state index in [2.05, 4.69) is 44.4 Å². The van der Waals surface area contributed by atoms with Crippen molar-refractivity contribution in [2.45, 2.75) is 65.1 Å². The molecule has 0 N–H and O–H groups in total. The predicted molar refractivity (Wildman–Crippen MR) is 69.7 cm³/mol. The molecule has 0 amide bonds. The van der Waals surface area contributed by atoms with Crippen molar-refractivity contribution in [1.29, 1.82) is 0 Å². The summed E-state index contributed by atoms with van der Waals surface area (Å²) in [4.78, 5) is 5.42. The summed E-state index contributed by atoms with van der Waals surface area (Å²) in [5, 5.41) is 0. The Kier molecular flexibility index (Phi) is 3.33. The molecule has 16 heavy (non-hydrogen) atoms. The molecule has 2 atom stereocenters. The lowest BCUT2D eigenvalue weighted by molar-refractivity contribution is 0.0362. The Bertz CT molecular complexity index is 242. The Hall–Kier alpha value is -0.0800. The fraction of sp³-hybridized carbons (Fsp3) is 1.00. The number of fused-ring (bicyclic) bond motifs is 1. The van der Waals surface area contributed by atoms with E-state index in [-0.39, 0.29) is 0 Å². The molecule has 0 aromatic heterocycles. The van der Waals surface area contributed by atoms with Crippen LogP contribution >= 0.6 is 0 Å². The van der Waals surface area contributed by atoms with Gasteiger partial charge in [-0.2, -0.15) is 0 Å². The molecule has 2 nitrogen and oxygen atoms in total. The summed E-state index contributed by atoms with van der Waals surface area (Å²) in [6.45, 7) is 15.7. The Balaban J connectivity index is 2.09. The highest BCUT2D eigenvalue weighted by Gasteiger charge is 2.42. The molecule has 0 aliphatic carbocycles. The molecular formula is C14H28N2. The maximum atomic E-state index is 2.75. The van der Waals surface area contributed by atoms with Crippen LogP contribution in [-0.2, 0) is 0 Å². The minimum atomic E-state index is 0.344. The lowest BCUT2D eigenvalue weighted by atomic mass is 9.88. The highest BCUT2D eigenvalue weighted by molar-refractivity contribution is 4.98. The van der Waals surface area contributed by atoms with Crippen molar-refractivity contribution >= 4 is 0 Å². The second-order valence-corrected chi connectivity index (χ2v) is 6.88. The monoisotopic (exact) mass is 224 g/mol.